The van der Waals surface area contributed by atoms with E-state index in [1.54, 1.807) is 0 Å². The summed E-state index contributed by atoms with van der Waals surface area (Å²) in [6, 6.07) is 6.42. The summed E-state index contributed by atoms with van der Waals surface area (Å²) in [5.41, 5.74) is 8.64. The Kier molecular flexibility index (Phi) is 5.65. The first-order chi connectivity index (χ1) is 9.51. The van der Waals surface area contributed by atoms with Gasteiger partial charge in [-0.05, 0) is 24.5 Å². The van der Waals surface area contributed by atoms with E-state index in [2.05, 4.69) is 43.5 Å². The van der Waals surface area contributed by atoms with E-state index < -0.39 is 0 Å². The Hall–Kier alpha value is -0.380. The molecule has 1 aromatic carbocycles. The second-order valence-electron chi connectivity index (χ2n) is 5.78. The number of halogens is 1. The van der Waals surface area contributed by atoms with Crippen molar-refractivity contribution < 1.29 is 0 Å². The van der Waals surface area contributed by atoms with Crippen molar-refractivity contribution >= 4 is 29.1 Å². The first-order valence-electron chi connectivity index (χ1n) is 7.44. The lowest BCUT2D eigenvalue weighted by molar-refractivity contribution is 0.642. The average Bonchev–Trinajstić information content (AvgIpc) is 2.37. The molecule has 20 heavy (non-hydrogen) atoms. The Morgan fingerprint density at radius 3 is 2.60 bits per heavy atom. The third-order valence-corrected chi connectivity index (χ3v) is 5.35. The number of hydrogen-bond donors (Lipinski definition) is 1. The van der Waals surface area contributed by atoms with Crippen LogP contribution in [0.15, 0.2) is 18.2 Å². The lowest BCUT2D eigenvalue weighted by atomic mass is 10.0. The number of para-hydroxylation sites is 1. The van der Waals surface area contributed by atoms with Gasteiger partial charge in [-0.3, -0.25) is 0 Å². The zero-order valence-corrected chi connectivity index (χ0v) is 14.2. The molecule has 1 heterocycles. The van der Waals surface area contributed by atoms with Crippen LogP contribution < -0.4 is 10.6 Å². The molecule has 0 aliphatic carbocycles. The van der Waals surface area contributed by atoms with E-state index in [9.17, 15) is 0 Å². The molecule has 1 saturated heterocycles. The fourth-order valence-corrected chi connectivity index (χ4v) is 4.50. The molecule has 0 amide bonds. The molecule has 3 atom stereocenters. The molecule has 0 bridgehead atoms. The molecular formula is C16H25ClN2S. The van der Waals surface area contributed by atoms with E-state index in [1.165, 1.54) is 11.3 Å². The van der Waals surface area contributed by atoms with E-state index >= 15 is 0 Å². The van der Waals surface area contributed by atoms with Gasteiger partial charge in [0.25, 0.3) is 0 Å². The lowest BCUT2D eigenvalue weighted by Crippen LogP contribution is -2.41. The largest absolute Gasteiger partial charge is 0.368 e. The van der Waals surface area contributed by atoms with Gasteiger partial charge in [0.1, 0.15) is 0 Å². The molecule has 1 aliphatic heterocycles. The van der Waals surface area contributed by atoms with Gasteiger partial charge in [-0.1, -0.05) is 44.5 Å². The monoisotopic (exact) mass is 312 g/mol. The van der Waals surface area contributed by atoms with E-state index in [0.29, 0.717) is 10.5 Å². The summed E-state index contributed by atoms with van der Waals surface area (Å²) in [7, 11) is 0. The van der Waals surface area contributed by atoms with Crippen molar-refractivity contribution in [2.45, 2.75) is 50.2 Å². The van der Waals surface area contributed by atoms with Crippen molar-refractivity contribution in [1.29, 1.82) is 0 Å². The molecule has 2 rings (SSSR count). The molecule has 0 aromatic heterocycles. The number of benzene rings is 1. The van der Waals surface area contributed by atoms with Crippen LogP contribution in [0.4, 0.5) is 5.69 Å². The normalized spacial score (nSPS) is 24.8. The van der Waals surface area contributed by atoms with Crippen LogP contribution in [0.3, 0.4) is 0 Å². The third-order valence-electron chi connectivity index (χ3n) is 3.81. The van der Waals surface area contributed by atoms with Crippen LogP contribution in [-0.2, 0) is 6.42 Å². The van der Waals surface area contributed by atoms with E-state index in [1.807, 2.05) is 12.1 Å². The highest BCUT2D eigenvalue weighted by molar-refractivity contribution is 8.00. The molecule has 2 nitrogen and oxygen atoms in total. The maximum atomic E-state index is 6.50. The Bertz CT molecular complexity index is 442. The highest BCUT2D eigenvalue weighted by Crippen LogP contribution is 2.35. The maximum Gasteiger partial charge on any atom is 0.0642 e. The average molecular weight is 313 g/mol. The second kappa shape index (κ2) is 7.06. The van der Waals surface area contributed by atoms with Crippen LogP contribution in [-0.4, -0.2) is 29.6 Å². The van der Waals surface area contributed by atoms with Crippen LogP contribution in [0.1, 0.15) is 32.8 Å². The SMILES string of the molecule is CCC(N)Cc1cccc(Cl)c1N1CC(C)SC(C)C1. The van der Waals surface area contributed by atoms with Crippen molar-refractivity contribution in [3.8, 4) is 0 Å². The van der Waals surface area contributed by atoms with E-state index in [4.69, 9.17) is 17.3 Å². The first-order valence-corrected chi connectivity index (χ1v) is 8.76. The Morgan fingerprint density at radius 1 is 1.35 bits per heavy atom. The van der Waals surface area contributed by atoms with Crippen molar-refractivity contribution in [1.82, 2.24) is 0 Å². The second-order valence-corrected chi connectivity index (χ2v) is 8.07. The number of thioether (sulfide) groups is 1. The van der Waals surface area contributed by atoms with Gasteiger partial charge >= 0.3 is 0 Å². The summed E-state index contributed by atoms with van der Waals surface area (Å²) < 4.78 is 0. The minimum atomic E-state index is 0.209. The van der Waals surface area contributed by atoms with Crippen LogP contribution in [0.25, 0.3) is 0 Å². The molecular weight excluding hydrogens is 288 g/mol. The number of hydrogen-bond acceptors (Lipinski definition) is 3. The lowest BCUT2D eigenvalue weighted by Gasteiger charge is -2.38. The van der Waals surface area contributed by atoms with Crippen molar-refractivity contribution in [2.24, 2.45) is 5.73 Å². The van der Waals surface area contributed by atoms with Crippen LogP contribution in [0.2, 0.25) is 5.02 Å². The van der Waals surface area contributed by atoms with Gasteiger partial charge in [0.05, 0.1) is 10.7 Å². The molecule has 1 fully saturated rings. The summed E-state index contributed by atoms with van der Waals surface area (Å²) in [4.78, 5) is 2.45. The Labute approximate surface area is 132 Å². The molecule has 0 radical (unpaired) electrons. The standard InChI is InChI=1S/C16H25ClN2S/c1-4-14(18)8-13-6-5-7-15(17)16(13)19-9-11(2)20-12(3)10-19/h5-7,11-12,14H,4,8-10,18H2,1-3H3. The smallest absolute Gasteiger partial charge is 0.0642 e. The van der Waals surface area contributed by atoms with Crippen LogP contribution in [0, 0.1) is 0 Å². The molecule has 4 heteroatoms. The minimum absolute atomic E-state index is 0.209. The zero-order valence-electron chi connectivity index (χ0n) is 12.6. The molecule has 0 spiro atoms. The van der Waals surface area contributed by atoms with Crippen molar-refractivity contribution in [3.05, 3.63) is 28.8 Å². The number of anilines is 1. The molecule has 1 aliphatic rings. The number of nitrogens with zero attached hydrogens (tertiary/aromatic N) is 1. The van der Waals surface area contributed by atoms with Crippen molar-refractivity contribution in [2.75, 3.05) is 18.0 Å². The maximum absolute atomic E-state index is 6.50. The first kappa shape index (κ1) is 16.0. The van der Waals surface area contributed by atoms with Gasteiger partial charge in [0, 0.05) is 29.6 Å². The van der Waals surface area contributed by atoms with E-state index in [-0.39, 0.29) is 6.04 Å². The Morgan fingerprint density at radius 2 is 2.00 bits per heavy atom. The minimum Gasteiger partial charge on any atom is -0.368 e. The van der Waals surface area contributed by atoms with Gasteiger partial charge in [0.2, 0.25) is 0 Å². The van der Waals surface area contributed by atoms with Gasteiger partial charge in [-0.25, -0.2) is 0 Å². The Balaban J connectivity index is 2.29. The number of nitrogens with two attached hydrogens (primary N) is 1. The fourth-order valence-electron chi connectivity index (χ4n) is 2.87. The van der Waals surface area contributed by atoms with Crippen molar-refractivity contribution in [3.63, 3.8) is 0 Å². The van der Waals surface area contributed by atoms with Gasteiger partial charge < -0.3 is 10.6 Å². The molecule has 3 unspecified atom stereocenters. The molecule has 112 valence electrons. The molecule has 1 aromatic rings. The number of rotatable bonds is 4. The molecule has 2 N–H and O–H groups in total. The molecule has 0 saturated carbocycles. The van der Waals surface area contributed by atoms with Gasteiger partial charge in [0.15, 0.2) is 0 Å². The summed E-state index contributed by atoms with van der Waals surface area (Å²) in [6.45, 7) is 8.85. The summed E-state index contributed by atoms with van der Waals surface area (Å²) in [5, 5.41) is 2.14. The topological polar surface area (TPSA) is 29.3 Å². The van der Waals surface area contributed by atoms with Crippen LogP contribution in [0.5, 0.6) is 0 Å². The highest BCUT2D eigenvalue weighted by atomic mass is 35.5. The quantitative estimate of drug-likeness (QED) is 0.912. The van der Waals surface area contributed by atoms with Crippen LogP contribution >= 0.6 is 23.4 Å². The zero-order chi connectivity index (χ0) is 14.7. The fraction of sp³-hybridized carbons (Fsp3) is 0.625. The third kappa shape index (κ3) is 3.84. The predicted octanol–water partition coefficient (Wildman–Crippen LogP) is 3.95. The predicted molar refractivity (Wildman–Crippen MR) is 92.2 cm³/mol. The highest BCUT2D eigenvalue weighted by Gasteiger charge is 2.25. The summed E-state index contributed by atoms with van der Waals surface area (Å²) >= 11 is 8.56. The van der Waals surface area contributed by atoms with E-state index in [0.717, 1.165) is 31.0 Å². The summed E-state index contributed by atoms with van der Waals surface area (Å²) in [5.74, 6) is 0. The van der Waals surface area contributed by atoms with Gasteiger partial charge in [-0.15, -0.1) is 0 Å². The van der Waals surface area contributed by atoms with Gasteiger partial charge in [-0.2, -0.15) is 11.8 Å². The summed E-state index contributed by atoms with van der Waals surface area (Å²) in [6.07, 6.45) is 1.90.